The van der Waals surface area contributed by atoms with Gasteiger partial charge in [0.05, 0.1) is 19.8 Å². The van der Waals surface area contributed by atoms with Crippen LogP contribution in [0, 0.1) is 11.6 Å². The Labute approximate surface area is 81.1 Å². The third-order valence-corrected chi connectivity index (χ3v) is 1.77. The van der Waals surface area contributed by atoms with Crippen LogP contribution >= 0.6 is 0 Å². The highest BCUT2D eigenvalue weighted by atomic mass is 19.1. The second-order valence-corrected chi connectivity index (χ2v) is 2.82. The molecule has 0 amide bonds. The van der Waals surface area contributed by atoms with Gasteiger partial charge in [-0.05, 0) is 18.1 Å². The van der Waals surface area contributed by atoms with Gasteiger partial charge < -0.3 is 9.84 Å². The van der Waals surface area contributed by atoms with Gasteiger partial charge in [0.25, 0.3) is 0 Å². The zero-order chi connectivity index (χ0) is 10.4. The number of rotatable bonds is 5. The summed E-state index contributed by atoms with van der Waals surface area (Å²) in [6.07, 6.45) is 0.381. The van der Waals surface area contributed by atoms with Crippen molar-refractivity contribution in [3.8, 4) is 0 Å². The first-order chi connectivity index (χ1) is 6.74. The van der Waals surface area contributed by atoms with E-state index in [1.165, 1.54) is 12.1 Å². The van der Waals surface area contributed by atoms with Crippen molar-refractivity contribution in [3.63, 3.8) is 0 Å². The lowest BCUT2D eigenvalue weighted by Crippen LogP contribution is -2.04. The second-order valence-electron chi connectivity index (χ2n) is 2.82. The molecule has 0 atom stereocenters. The average molecular weight is 202 g/mol. The number of benzene rings is 1. The molecule has 0 spiro atoms. The summed E-state index contributed by atoms with van der Waals surface area (Å²) in [5.41, 5.74) is 0.421. The van der Waals surface area contributed by atoms with Crippen molar-refractivity contribution in [2.45, 2.75) is 6.42 Å². The summed E-state index contributed by atoms with van der Waals surface area (Å²) in [5.74, 6) is -1.14. The summed E-state index contributed by atoms with van der Waals surface area (Å²) in [7, 11) is 0. The molecule has 78 valence electrons. The summed E-state index contributed by atoms with van der Waals surface area (Å²) >= 11 is 0. The summed E-state index contributed by atoms with van der Waals surface area (Å²) in [4.78, 5) is 0. The van der Waals surface area contributed by atoms with Crippen molar-refractivity contribution in [3.05, 3.63) is 35.4 Å². The Morgan fingerprint density at radius 1 is 1.21 bits per heavy atom. The number of ether oxygens (including phenoxy) is 1. The van der Waals surface area contributed by atoms with Crippen molar-refractivity contribution in [1.82, 2.24) is 0 Å². The van der Waals surface area contributed by atoms with Crippen LogP contribution in [0.4, 0.5) is 8.78 Å². The van der Waals surface area contributed by atoms with Crippen molar-refractivity contribution < 1.29 is 18.6 Å². The zero-order valence-electron chi connectivity index (χ0n) is 7.67. The van der Waals surface area contributed by atoms with Gasteiger partial charge in [-0.2, -0.15) is 0 Å². The minimum absolute atomic E-state index is 0.0497. The molecule has 0 aliphatic carbocycles. The van der Waals surface area contributed by atoms with E-state index in [9.17, 15) is 8.78 Å². The largest absolute Gasteiger partial charge is 0.394 e. The van der Waals surface area contributed by atoms with Gasteiger partial charge in [0.15, 0.2) is 0 Å². The maximum absolute atomic E-state index is 13.0. The van der Waals surface area contributed by atoms with Crippen LogP contribution in [-0.2, 0) is 11.2 Å². The van der Waals surface area contributed by atoms with E-state index in [-0.39, 0.29) is 13.2 Å². The summed E-state index contributed by atoms with van der Waals surface area (Å²) < 4.78 is 30.5. The Morgan fingerprint density at radius 3 is 2.64 bits per heavy atom. The van der Waals surface area contributed by atoms with E-state index in [1.807, 2.05) is 0 Å². The quantitative estimate of drug-likeness (QED) is 0.733. The van der Waals surface area contributed by atoms with Gasteiger partial charge in [-0.3, -0.25) is 0 Å². The minimum atomic E-state index is -0.581. The van der Waals surface area contributed by atoms with Gasteiger partial charge in [0.1, 0.15) is 11.6 Å². The van der Waals surface area contributed by atoms with Gasteiger partial charge in [-0.1, -0.05) is 6.07 Å². The molecule has 1 N–H and O–H groups in total. The standard InChI is InChI=1S/C10H12F2O2/c11-9-2-1-8(10(12)7-9)3-5-14-6-4-13/h1-2,7,13H,3-6H2. The van der Waals surface area contributed by atoms with Crippen LogP contribution in [-0.4, -0.2) is 24.9 Å². The third-order valence-electron chi connectivity index (χ3n) is 1.77. The van der Waals surface area contributed by atoms with Gasteiger partial charge in [0.2, 0.25) is 0 Å². The average Bonchev–Trinajstić information content (AvgIpc) is 2.15. The molecule has 0 saturated carbocycles. The molecule has 1 aromatic carbocycles. The topological polar surface area (TPSA) is 29.5 Å². The summed E-state index contributed by atoms with van der Waals surface area (Å²) in [6.45, 7) is 0.512. The lowest BCUT2D eigenvalue weighted by molar-refractivity contribution is 0.0941. The molecular weight excluding hydrogens is 190 g/mol. The van der Waals surface area contributed by atoms with Gasteiger partial charge in [0, 0.05) is 6.07 Å². The molecule has 1 aromatic rings. The normalized spacial score (nSPS) is 10.5. The van der Waals surface area contributed by atoms with E-state index >= 15 is 0 Å². The van der Waals surface area contributed by atoms with Crippen LogP contribution < -0.4 is 0 Å². The van der Waals surface area contributed by atoms with Crippen LogP contribution in [0.3, 0.4) is 0 Å². The van der Waals surface area contributed by atoms with Gasteiger partial charge >= 0.3 is 0 Å². The molecule has 0 aliphatic heterocycles. The molecule has 0 saturated heterocycles. The smallest absolute Gasteiger partial charge is 0.129 e. The van der Waals surface area contributed by atoms with Crippen molar-refractivity contribution in [1.29, 1.82) is 0 Å². The molecule has 0 aromatic heterocycles. The van der Waals surface area contributed by atoms with Crippen molar-refractivity contribution in [2.24, 2.45) is 0 Å². The first kappa shape index (κ1) is 11.1. The van der Waals surface area contributed by atoms with Crippen molar-refractivity contribution >= 4 is 0 Å². The van der Waals surface area contributed by atoms with Crippen LogP contribution in [0.1, 0.15) is 5.56 Å². The Bertz CT molecular complexity index is 289. The molecule has 0 unspecified atom stereocenters. The Hall–Kier alpha value is -1.00. The van der Waals surface area contributed by atoms with Crippen molar-refractivity contribution in [2.75, 3.05) is 19.8 Å². The van der Waals surface area contributed by atoms with E-state index in [0.717, 1.165) is 6.07 Å². The number of aliphatic hydroxyl groups excluding tert-OH is 1. The van der Waals surface area contributed by atoms with Crippen LogP contribution in [0.2, 0.25) is 0 Å². The molecule has 0 bridgehead atoms. The van der Waals surface area contributed by atoms with E-state index in [1.54, 1.807) is 0 Å². The maximum atomic E-state index is 13.0. The SMILES string of the molecule is OCCOCCc1ccc(F)cc1F. The van der Waals surface area contributed by atoms with Gasteiger partial charge in [-0.25, -0.2) is 8.78 Å². The molecule has 0 aliphatic rings. The third kappa shape index (κ3) is 3.40. The number of aliphatic hydroxyl groups is 1. The second kappa shape index (κ2) is 5.67. The summed E-state index contributed by atoms with van der Waals surface area (Å²) in [6, 6.07) is 3.46. The highest BCUT2D eigenvalue weighted by Crippen LogP contribution is 2.09. The molecule has 14 heavy (non-hydrogen) atoms. The fourth-order valence-electron chi connectivity index (χ4n) is 1.07. The fraction of sp³-hybridized carbons (Fsp3) is 0.400. The first-order valence-electron chi connectivity index (χ1n) is 4.36. The van der Waals surface area contributed by atoms with Crippen LogP contribution in [0.5, 0.6) is 0 Å². The molecule has 4 heteroatoms. The minimum Gasteiger partial charge on any atom is -0.394 e. The number of hydrogen-bond acceptors (Lipinski definition) is 2. The highest BCUT2D eigenvalue weighted by Gasteiger charge is 2.02. The van der Waals surface area contributed by atoms with E-state index < -0.39 is 11.6 Å². The summed E-state index contributed by atoms with van der Waals surface area (Å²) in [5, 5.41) is 8.41. The van der Waals surface area contributed by atoms with E-state index in [2.05, 4.69) is 0 Å². The lowest BCUT2D eigenvalue weighted by atomic mass is 10.1. The Kier molecular flexibility index (Phi) is 4.49. The molecule has 0 radical (unpaired) electrons. The van der Waals surface area contributed by atoms with Crippen LogP contribution in [0.15, 0.2) is 18.2 Å². The predicted molar refractivity (Wildman–Crippen MR) is 48.0 cm³/mol. The molecule has 0 fully saturated rings. The van der Waals surface area contributed by atoms with Gasteiger partial charge in [-0.15, -0.1) is 0 Å². The lowest BCUT2D eigenvalue weighted by Gasteiger charge is -2.03. The number of halogens is 2. The number of hydrogen-bond donors (Lipinski definition) is 1. The Morgan fingerprint density at radius 2 is 2.00 bits per heavy atom. The maximum Gasteiger partial charge on any atom is 0.129 e. The molecule has 2 nitrogen and oxygen atoms in total. The molecule has 1 rings (SSSR count). The first-order valence-corrected chi connectivity index (χ1v) is 4.36. The zero-order valence-corrected chi connectivity index (χ0v) is 7.67. The van der Waals surface area contributed by atoms with E-state index in [4.69, 9.17) is 9.84 Å². The van der Waals surface area contributed by atoms with E-state index in [0.29, 0.717) is 18.6 Å². The fourth-order valence-corrected chi connectivity index (χ4v) is 1.07. The Balaban J connectivity index is 2.42. The molecular formula is C10H12F2O2. The monoisotopic (exact) mass is 202 g/mol. The van der Waals surface area contributed by atoms with Crippen LogP contribution in [0.25, 0.3) is 0 Å². The predicted octanol–water partition coefficient (Wildman–Crippen LogP) is 1.52. The molecule has 0 heterocycles. The highest BCUT2D eigenvalue weighted by molar-refractivity contribution is 5.18.